The van der Waals surface area contributed by atoms with Crippen molar-refractivity contribution in [3.05, 3.63) is 51.2 Å². The number of carbonyl (C=O) groups is 1. The maximum Gasteiger partial charge on any atom is 0.330 e. The average molecular weight is 339 g/mol. The van der Waals surface area contributed by atoms with Gasteiger partial charge >= 0.3 is 5.97 Å². The Morgan fingerprint density at radius 1 is 1.45 bits per heavy atom. The van der Waals surface area contributed by atoms with E-state index >= 15 is 0 Å². The Morgan fingerprint density at radius 3 is 2.82 bits per heavy atom. The standard InChI is InChI=1S/C16H19ClN2O2S/c1-16(15(20)21-2,13-6-5-11(18)10-14(13)17)19-8-7-12-4-3-9-22-12/h3-6,9-10,19H,7-8,18H2,1-2H3. The van der Waals surface area contributed by atoms with Gasteiger partial charge in [0.15, 0.2) is 0 Å². The summed E-state index contributed by atoms with van der Waals surface area (Å²) in [5.41, 5.74) is 5.92. The van der Waals surface area contributed by atoms with Crippen LogP contribution in [0.25, 0.3) is 0 Å². The molecule has 0 bridgehead atoms. The quantitative estimate of drug-likeness (QED) is 0.627. The molecule has 0 spiro atoms. The van der Waals surface area contributed by atoms with Crippen LogP contribution in [0, 0.1) is 0 Å². The second-order valence-electron chi connectivity index (χ2n) is 5.11. The summed E-state index contributed by atoms with van der Waals surface area (Å²) in [6.07, 6.45) is 0.830. The van der Waals surface area contributed by atoms with E-state index in [4.69, 9.17) is 22.1 Å². The van der Waals surface area contributed by atoms with E-state index in [2.05, 4.69) is 11.4 Å². The molecular formula is C16H19ClN2O2S. The fourth-order valence-electron chi connectivity index (χ4n) is 2.31. The zero-order valence-electron chi connectivity index (χ0n) is 12.6. The second-order valence-corrected chi connectivity index (χ2v) is 6.55. The van der Waals surface area contributed by atoms with Crippen molar-refractivity contribution in [2.45, 2.75) is 18.9 Å². The highest BCUT2D eigenvalue weighted by Crippen LogP contribution is 2.31. The third-order valence-electron chi connectivity index (χ3n) is 3.56. The lowest BCUT2D eigenvalue weighted by atomic mass is 9.91. The Hall–Kier alpha value is -1.56. The lowest BCUT2D eigenvalue weighted by Crippen LogP contribution is -2.48. The summed E-state index contributed by atoms with van der Waals surface area (Å²) in [6, 6.07) is 9.20. The van der Waals surface area contributed by atoms with Gasteiger partial charge in [0.2, 0.25) is 0 Å². The molecule has 0 saturated carbocycles. The molecule has 22 heavy (non-hydrogen) atoms. The lowest BCUT2D eigenvalue weighted by Gasteiger charge is -2.29. The average Bonchev–Trinajstić information content (AvgIpc) is 2.99. The number of methoxy groups -OCH3 is 1. The van der Waals surface area contributed by atoms with Crippen molar-refractivity contribution in [3.8, 4) is 0 Å². The first-order valence-corrected chi connectivity index (χ1v) is 8.14. The van der Waals surface area contributed by atoms with E-state index in [1.165, 1.54) is 12.0 Å². The van der Waals surface area contributed by atoms with Crippen molar-refractivity contribution < 1.29 is 9.53 Å². The number of anilines is 1. The molecule has 1 atom stereocenters. The van der Waals surface area contributed by atoms with Gasteiger partial charge < -0.3 is 10.5 Å². The van der Waals surface area contributed by atoms with E-state index in [0.29, 0.717) is 22.8 Å². The van der Waals surface area contributed by atoms with Crippen LogP contribution in [0.2, 0.25) is 5.02 Å². The summed E-state index contributed by atoms with van der Waals surface area (Å²) in [4.78, 5) is 13.5. The summed E-state index contributed by atoms with van der Waals surface area (Å²) < 4.78 is 4.95. The van der Waals surface area contributed by atoms with E-state index in [0.717, 1.165) is 6.42 Å². The SMILES string of the molecule is COC(=O)C(C)(NCCc1cccs1)c1ccc(N)cc1Cl. The molecule has 0 aliphatic rings. The molecule has 0 saturated heterocycles. The highest BCUT2D eigenvalue weighted by molar-refractivity contribution is 7.09. The molecule has 118 valence electrons. The van der Waals surface area contributed by atoms with E-state index in [1.807, 2.05) is 11.4 Å². The number of nitrogens with two attached hydrogens (primary N) is 1. The molecular weight excluding hydrogens is 320 g/mol. The van der Waals surface area contributed by atoms with Crippen LogP contribution >= 0.6 is 22.9 Å². The highest BCUT2D eigenvalue weighted by atomic mass is 35.5. The van der Waals surface area contributed by atoms with E-state index < -0.39 is 5.54 Å². The highest BCUT2D eigenvalue weighted by Gasteiger charge is 2.37. The summed E-state index contributed by atoms with van der Waals surface area (Å²) in [7, 11) is 1.37. The normalized spacial score (nSPS) is 13.6. The molecule has 1 aromatic heterocycles. The van der Waals surface area contributed by atoms with E-state index in [9.17, 15) is 4.79 Å². The summed E-state index contributed by atoms with van der Waals surface area (Å²) >= 11 is 7.96. The van der Waals surface area contributed by atoms with Crippen LogP contribution in [0.5, 0.6) is 0 Å². The Balaban J connectivity index is 2.21. The minimum absolute atomic E-state index is 0.384. The molecule has 6 heteroatoms. The number of nitrogen functional groups attached to an aromatic ring is 1. The van der Waals surface area contributed by atoms with Crippen LogP contribution in [-0.4, -0.2) is 19.6 Å². The van der Waals surface area contributed by atoms with E-state index in [-0.39, 0.29) is 5.97 Å². The van der Waals surface area contributed by atoms with Gasteiger partial charge in [0.1, 0.15) is 5.54 Å². The van der Waals surface area contributed by atoms with Crippen molar-refractivity contribution in [1.29, 1.82) is 0 Å². The number of hydrogen-bond acceptors (Lipinski definition) is 5. The largest absolute Gasteiger partial charge is 0.467 e. The van der Waals surface area contributed by atoms with Crippen LogP contribution in [0.1, 0.15) is 17.4 Å². The van der Waals surface area contributed by atoms with Crippen LogP contribution in [0.3, 0.4) is 0 Å². The van der Waals surface area contributed by atoms with Crippen LogP contribution < -0.4 is 11.1 Å². The Morgan fingerprint density at radius 2 is 2.23 bits per heavy atom. The van der Waals surface area contributed by atoms with Gasteiger partial charge in [-0.25, -0.2) is 4.79 Å². The molecule has 1 unspecified atom stereocenters. The fraction of sp³-hybridized carbons (Fsp3) is 0.312. The first-order chi connectivity index (χ1) is 10.5. The van der Waals surface area contributed by atoms with Crippen molar-refractivity contribution in [2.75, 3.05) is 19.4 Å². The molecule has 0 amide bonds. The van der Waals surface area contributed by atoms with Crippen molar-refractivity contribution in [1.82, 2.24) is 5.32 Å². The maximum absolute atomic E-state index is 12.3. The number of rotatable bonds is 6. The second kappa shape index (κ2) is 7.13. The molecule has 0 fully saturated rings. The lowest BCUT2D eigenvalue weighted by molar-refractivity contribution is -0.148. The third-order valence-corrected chi connectivity index (χ3v) is 4.80. The molecule has 2 rings (SSSR count). The predicted octanol–water partition coefficient (Wildman–Crippen LogP) is 3.20. The van der Waals surface area contributed by atoms with Gasteiger partial charge in [0, 0.05) is 27.7 Å². The Kier molecular flexibility index (Phi) is 5.45. The first kappa shape index (κ1) is 16.8. The van der Waals surface area contributed by atoms with Gasteiger partial charge in [0.05, 0.1) is 7.11 Å². The summed E-state index contributed by atoms with van der Waals surface area (Å²) in [5, 5.41) is 5.74. The number of ether oxygens (including phenoxy) is 1. The number of nitrogens with one attached hydrogen (secondary N) is 1. The maximum atomic E-state index is 12.3. The minimum atomic E-state index is -1.02. The minimum Gasteiger partial charge on any atom is -0.467 e. The molecule has 1 aromatic carbocycles. The van der Waals surface area contributed by atoms with Gasteiger partial charge in [-0.3, -0.25) is 5.32 Å². The van der Waals surface area contributed by atoms with Gasteiger partial charge in [-0.2, -0.15) is 0 Å². The van der Waals surface area contributed by atoms with E-state index in [1.54, 1.807) is 36.5 Å². The Bertz CT molecular complexity index is 646. The number of carbonyl (C=O) groups excluding carboxylic acids is 1. The number of benzene rings is 1. The topological polar surface area (TPSA) is 64.3 Å². The first-order valence-electron chi connectivity index (χ1n) is 6.88. The van der Waals surface area contributed by atoms with Crippen LogP contribution in [0.15, 0.2) is 35.7 Å². The van der Waals surface area contributed by atoms with Gasteiger partial charge in [0.25, 0.3) is 0 Å². The molecule has 0 aliphatic carbocycles. The number of halogens is 1. The third kappa shape index (κ3) is 3.61. The molecule has 4 nitrogen and oxygen atoms in total. The number of esters is 1. The van der Waals surface area contributed by atoms with Crippen LogP contribution in [-0.2, 0) is 21.5 Å². The van der Waals surface area contributed by atoms with Gasteiger partial charge in [-0.15, -0.1) is 11.3 Å². The van der Waals surface area contributed by atoms with Crippen molar-refractivity contribution in [3.63, 3.8) is 0 Å². The number of thiophene rings is 1. The smallest absolute Gasteiger partial charge is 0.330 e. The van der Waals surface area contributed by atoms with Gasteiger partial charge in [-0.05, 0) is 36.9 Å². The molecule has 2 aromatic rings. The van der Waals surface area contributed by atoms with Crippen molar-refractivity contribution >= 4 is 34.6 Å². The van der Waals surface area contributed by atoms with Crippen LogP contribution in [0.4, 0.5) is 5.69 Å². The predicted molar refractivity (Wildman–Crippen MR) is 91.3 cm³/mol. The molecule has 3 N–H and O–H groups in total. The van der Waals surface area contributed by atoms with Crippen molar-refractivity contribution in [2.24, 2.45) is 0 Å². The summed E-state index contributed by atoms with van der Waals surface area (Å²) in [5.74, 6) is -0.384. The summed E-state index contributed by atoms with van der Waals surface area (Å²) in [6.45, 7) is 2.40. The fourth-order valence-corrected chi connectivity index (χ4v) is 3.40. The Labute approximate surface area is 139 Å². The van der Waals surface area contributed by atoms with Gasteiger partial charge in [-0.1, -0.05) is 23.7 Å². The number of hydrogen-bond donors (Lipinski definition) is 2. The molecule has 0 aliphatic heterocycles. The zero-order valence-corrected chi connectivity index (χ0v) is 14.1. The zero-order chi connectivity index (χ0) is 16.2. The molecule has 1 heterocycles. The monoisotopic (exact) mass is 338 g/mol. The molecule has 0 radical (unpaired) electrons.